The number of aliphatic hydroxyl groups excluding tert-OH is 1. The van der Waals surface area contributed by atoms with Gasteiger partial charge in [0, 0.05) is 53.2 Å². The van der Waals surface area contributed by atoms with E-state index in [0.29, 0.717) is 5.56 Å². The SMILES string of the molecule is CN1CCc2c(c3cc(Cl)ccc3n2Cc2ccc(C(=O)CO)cc2)C1. The molecular formula is C21H21ClN2O2. The molecular weight excluding hydrogens is 348 g/mol. The molecule has 134 valence electrons. The number of carbonyl (C=O) groups excluding carboxylic acids is 1. The van der Waals surface area contributed by atoms with Crippen LogP contribution in [0.5, 0.6) is 0 Å². The fourth-order valence-electron chi connectivity index (χ4n) is 3.81. The van der Waals surface area contributed by atoms with Crippen LogP contribution in [0.2, 0.25) is 5.02 Å². The van der Waals surface area contributed by atoms with Gasteiger partial charge in [0.1, 0.15) is 6.61 Å². The molecule has 0 atom stereocenters. The van der Waals surface area contributed by atoms with Crippen LogP contribution in [0.3, 0.4) is 0 Å². The van der Waals surface area contributed by atoms with Crippen LogP contribution in [0.1, 0.15) is 27.2 Å². The molecule has 0 amide bonds. The molecule has 2 heterocycles. The van der Waals surface area contributed by atoms with Crippen LogP contribution in [0.15, 0.2) is 42.5 Å². The number of ketones is 1. The van der Waals surface area contributed by atoms with Gasteiger partial charge in [0.05, 0.1) is 0 Å². The lowest BCUT2D eigenvalue weighted by Gasteiger charge is -2.24. The van der Waals surface area contributed by atoms with Gasteiger partial charge in [-0.15, -0.1) is 0 Å². The zero-order valence-corrected chi connectivity index (χ0v) is 15.5. The Labute approximate surface area is 157 Å². The van der Waals surface area contributed by atoms with Gasteiger partial charge in [-0.05, 0) is 36.4 Å². The van der Waals surface area contributed by atoms with Gasteiger partial charge in [0.25, 0.3) is 0 Å². The molecule has 0 saturated carbocycles. The molecule has 1 aromatic heterocycles. The van der Waals surface area contributed by atoms with Gasteiger partial charge < -0.3 is 14.6 Å². The van der Waals surface area contributed by atoms with Crippen molar-refractivity contribution in [3.05, 3.63) is 69.9 Å². The minimum absolute atomic E-state index is 0.252. The standard InChI is InChI=1S/C21H21ClN2O2/c1-23-9-8-20-18(12-23)17-10-16(22)6-7-19(17)24(20)11-14-2-4-15(5-3-14)21(26)13-25/h2-7,10,25H,8-9,11-13H2,1H3. The van der Waals surface area contributed by atoms with Crippen LogP contribution < -0.4 is 0 Å². The zero-order chi connectivity index (χ0) is 18.3. The smallest absolute Gasteiger partial charge is 0.188 e. The summed E-state index contributed by atoms with van der Waals surface area (Å²) in [6, 6.07) is 13.6. The van der Waals surface area contributed by atoms with E-state index in [0.717, 1.165) is 36.6 Å². The Hall–Kier alpha value is -2.14. The van der Waals surface area contributed by atoms with Gasteiger partial charge in [0.15, 0.2) is 5.78 Å². The molecule has 0 saturated heterocycles. The number of hydrogen-bond acceptors (Lipinski definition) is 3. The summed E-state index contributed by atoms with van der Waals surface area (Å²) in [7, 11) is 2.15. The lowest BCUT2D eigenvalue weighted by molar-refractivity contribution is 0.0903. The molecule has 4 nitrogen and oxygen atoms in total. The maximum absolute atomic E-state index is 11.6. The highest BCUT2D eigenvalue weighted by molar-refractivity contribution is 6.31. The van der Waals surface area contributed by atoms with Crippen LogP contribution in [-0.4, -0.2) is 40.6 Å². The maximum atomic E-state index is 11.6. The molecule has 1 N–H and O–H groups in total. The summed E-state index contributed by atoms with van der Waals surface area (Å²) in [5.41, 5.74) is 5.61. The third kappa shape index (κ3) is 3.05. The van der Waals surface area contributed by atoms with Gasteiger partial charge in [0.2, 0.25) is 0 Å². The van der Waals surface area contributed by atoms with Crippen molar-refractivity contribution in [2.75, 3.05) is 20.2 Å². The summed E-state index contributed by atoms with van der Waals surface area (Å²) in [6.45, 7) is 2.28. The number of Topliss-reactive ketones (excluding diaryl/α,β-unsaturated/α-hetero) is 1. The summed E-state index contributed by atoms with van der Waals surface area (Å²) < 4.78 is 2.37. The number of halogens is 1. The Morgan fingerprint density at radius 2 is 1.96 bits per heavy atom. The molecule has 0 unspecified atom stereocenters. The van der Waals surface area contributed by atoms with Crippen LogP contribution in [0.4, 0.5) is 0 Å². The number of benzene rings is 2. The van der Waals surface area contributed by atoms with E-state index >= 15 is 0 Å². The first-order valence-corrected chi connectivity index (χ1v) is 9.15. The van der Waals surface area contributed by atoms with E-state index in [2.05, 4.69) is 28.6 Å². The van der Waals surface area contributed by atoms with E-state index in [9.17, 15) is 4.79 Å². The zero-order valence-electron chi connectivity index (χ0n) is 14.7. The Morgan fingerprint density at radius 1 is 1.19 bits per heavy atom. The van der Waals surface area contributed by atoms with Gasteiger partial charge in [-0.25, -0.2) is 0 Å². The molecule has 4 rings (SSSR count). The van der Waals surface area contributed by atoms with Crippen molar-refractivity contribution in [3.63, 3.8) is 0 Å². The molecule has 0 radical (unpaired) electrons. The number of hydrogen-bond donors (Lipinski definition) is 1. The van der Waals surface area contributed by atoms with Crippen molar-refractivity contribution < 1.29 is 9.90 Å². The summed E-state index contributed by atoms with van der Waals surface area (Å²) in [6.07, 6.45) is 1.01. The Kier molecular flexibility index (Phi) is 4.57. The second kappa shape index (κ2) is 6.88. The lowest BCUT2D eigenvalue weighted by atomic mass is 10.0. The van der Waals surface area contributed by atoms with Gasteiger partial charge in [-0.2, -0.15) is 0 Å². The molecule has 0 aliphatic carbocycles. The normalized spacial score (nSPS) is 14.6. The van der Waals surface area contributed by atoms with Crippen molar-refractivity contribution in [1.82, 2.24) is 9.47 Å². The van der Waals surface area contributed by atoms with E-state index < -0.39 is 6.61 Å². The fourth-order valence-corrected chi connectivity index (χ4v) is 3.98. The Morgan fingerprint density at radius 3 is 2.69 bits per heavy atom. The van der Waals surface area contributed by atoms with E-state index in [4.69, 9.17) is 16.7 Å². The summed E-state index contributed by atoms with van der Waals surface area (Å²) >= 11 is 6.25. The first kappa shape index (κ1) is 17.3. The molecule has 3 aromatic rings. The average Bonchev–Trinajstić information content (AvgIpc) is 2.94. The van der Waals surface area contributed by atoms with Crippen LogP contribution >= 0.6 is 11.6 Å². The third-order valence-corrected chi connectivity index (χ3v) is 5.40. The largest absolute Gasteiger partial charge is 0.388 e. The summed E-state index contributed by atoms with van der Waals surface area (Å²) in [5, 5.41) is 11.0. The van der Waals surface area contributed by atoms with Crippen molar-refractivity contribution in [2.24, 2.45) is 0 Å². The van der Waals surface area contributed by atoms with Gasteiger partial charge in [-0.3, -0.25) is 4.79 Å². The number of likely N-dealkylation sites (N-methyl/N-ethyl adjacent to an activating group) is 1. The molecule has 0 spiro atoms. The quantitative estimate of drug-likeness (QED) is 0.717. The topological polar surface area (TPSA) is 45.5 Å². The van der Waals surface area contributed by atoms with E-state index in [1.807, 2.05) is 18.2 Å². The van der Waals surface area contributed by atoms with E-state index in [-0.39, 0.29) is 5.78 Å². The van der Waals surface area contributed by atoms with Crippen molar-refractivity contribution >= 4 is 28.3 Å². The second-order valence-corrected chi connectivity index (χ2v) is 7.38. The van der Waals surface area contributed by atoms with Crippen LogP contribution in [0, 0.1) is 0 Å². The molecule has 0 fully saturated rings. The summed E-state index contributed by atoms with van der Waals surface area (Å²) in [5.74, 6) is -0.252. The first-order chi connectivity index (χ1) is 12.6. The minimum atomic E-state index is -0.455. The van der Waals surface area contributed by atoms with E-state index in [1.54, 1.807) is 12.1 Å². The highest BCUT2D eigenvalue weighted by Crippen LogP contribution is 2.33. The van der Waals surface area contributed by atoms with Crippen molar-refractivity contribution in [3.8, 4) is 0 Å². The molecule has 0 bridgehead atoms. The molecule has 26 heavy (non-hydrogen) atoms. The summed E-state index contributed by atoms with van der Waals surface area (Å²) in [4.78, 5) is 13.9. The fraction of sp³-hybridized carbons (Fsp3) is 0.286. The van der Waals surface area contributed by atoms with Gasteiger partial charge >= 0.3 is 0 Å². The Balaban J connectivity index is 1.76. The monoisotopic (exact) mass is 368 g/mol. The predicted octanol–water partition coefficient (Wildman–Crippen LogP) is 3.51. The number of aliphatic hydroxyl groups is 1. The molecule has 1 aliphatic rings. The molecule has 5 heteroatoms. The second-order valence-electron chi connectivity index (χ2n) is 6.94. The van der Waals surface area contributed by atoms with Crippen LogP contribution in [0.25, 0.3) is 10.9 Å². The lowest BCUT2D eigenvalue weighted by Crippen LogP contribution is -2.27. The van der Waals surface area contributed by atoms with Crippen molar-refractivity contribution in [1.29, 1.82) is 0 Å². The number of aromatic nitrogens is 1. The van der Waals surface area contributed by atoms with E-state index in [1.165, 1.54) is 22.2 Å². The van der Waals surface area contributed by atoms with Gasteiger partial charge in [-0.1, -0.05) is 35.9 Å². The maximum Gasteiger partial charge on any atom is 0.188 e. The highest BCUT2D eigenvalue weighted by Gasteiger charge is 2.22. The molecule has 1 aliphatic heterocycles. The average molecular weight is 369 g/mol. The van der Waals surface area contributed by atoms with Crippen LogP contribution in [-0.2, 0) is 19.5 Å². The predicted molar refractivity (Wildman–Crippen MR) is 104 cm³/mol. The Bertz CT molecular complexity index is 976. The highest BCUT2D eigenvalue weighted by atomic mass is 35.5. The molecule has 2 aromatic carbocycles. The van der Waals surface area contributed by atoms with Crippen molar-refractivity contribution in [2.45, 2.75) is 19.5 Å². The third-order valence-electron chi connectivity index (χ3n) is 5.17. The number of nitrogens with zero attached hydrogens (tertiary/aromatic N) is 2. The number of rotatable bonds is 4. The number of carbonyl (C=O) groups is 1. The number of fused-ring (bicyclic) bond motifs is 3. The minimum Gasteiger partial charge on any atom is -0.388 e. The first-order valence-electron chi connectivity index (χ1n) is 8.78.